The van der Waals surface area contributed by atoms with Gasteiger partial charge in [0, 0.05) is 5.38 Å². The number of fused-ring (bicyclic) bond motifs is 5. The number of halogens is 1. The van der Waals surface area contributed by atoms with E-state index in [0.29, 0.717) is 16.7 Å². The van der Waals surface area contributed by atoms with Gasteiger partial charge in [-0.1, -0.05) is 54.4 Å². The predicted molar refractivity (Wildman–Crippen MR) is 133 cm³/mol. The highest BCUT2D eigenvalue weighted by molar-refractivity contribution is 6.20. The molecule has 0 saturated heterocycles. The fraction of sp³-hybridized carbons (Fsp3) is 1.00. The minimum absolute atomic E-state index is 0.112. The first-order valence-corrected chi connectivity index (χ1v) is 14.4. The molecular weight excluding hydrogens is 400 g/mol. The second-order valence-electron chi connectivity index (χ2n) is 13.4. The van der Waals surface area contributed by atoms with Crippen LogP contribution in [0.25, 0.3) is 0 Å². The monoisotopic (exact) mass is 450 g/mol. The third kappa shape index (κ3) is 4.15. The van der Waals surface area contributed by atoms with E-state index >= 15 is 0 Å². The van der Waals surface area contributed by atoms with Crippen molar-refractivity contribution < 1.29 is 5.11 Å². The minimum atomic E-state index is -0.112. The summed E-state index contributed by atoms with van der Waals surface area (Å²) in [7, 11) is 0. The van der Waals surface area contributed by atoms with Crippen LogP contribution in [0, 0.1) is 58.2 Å². The van der Waals surface area contributed by atoms with E-state index in [1.165, 1.54) is 57.8 Å². The zero-order valence-electron chi connectivity index (χ0n) is 21.4. The third-order valence-corrected chi connectivity index (χ3v) is 12.3. The molecule has 0 aromatic carbocycles. The molecule has 0 radical (unpaired) electrons. The zero-order chi connectivity index (χ0) is 22.6. The molecule has 0 aliphatic heterocycles. The van der Waals surface area contributed by atoms with Crippen molar-refractivity contribution in [3.63, 3.8) is 0 Å². The molecule has 4 aliphatic carbocycles. The van der Waals surface area contributed by atoms with Crippen LogP contribution in [-0.2, 0) is 0 Å². The molecule has 0 aromatic heterocycles. The lowest BCUT2D eigenvalue weighted by Crippen LogP contribution is -2.57. The number of aliphatic hydroxyl groups is 1. The molecule has 2 heteroatoms. The van der Waals surface area contributed by atoms with Crippen molar-refractivity contribution in [2.75, 3.05) is 0 Å². The Kier molecular flexibility index (Phi) is 7.18. The fourth-order valence-corrected chi connectivity index (χ4v) is 10.5. The average molecular weight is 451 g/mol. The van der Waals surface area contributed by atoms with Crippen LogP contribution in [0.3, 0.4) is 0 Å². The van der Waals surface area contributed by atoms with Gasteiger partial charge < -0.3 is 5.11 Å². The van der Waals surface area contributed by atoms with Gasteiger partial charge in [-0.15, -0.1) is 11.6 Å². The Morgan fingerprint density at radius 2 is 1.55 bits per heavy atom. The topological polar surface area (TPSA) is 20.2 Å². The molecule has 0 bridgehead atoms. The Balaban J connectivity index is 1.48. The normalized spacial score (nSPS) is 49.3. The molecular formula is C29H51ClO. The van der Waals surface area contributed by atoms with Gasteiger partial charge in [0.25, 0.3) is 0 Å². The summed E-state index contributed by atoms with van der Waals surface area (Å²) in [4.78, 5) is 0. The first-order chi connectivity index (χ1) is 14.6. The van der Waals surface area contributed by atoms with E-state index in [9.17, 15) is 5.11 Å². The van der Waals surface area contributed by atoms with Crippen molar-refractivity contribution in [3.8, 4) is 0 Å². The van der Waals surface area contributed by atoms with Crippen LogP contribution in [0.2, 0.25) is 0 Å². The maximum absolute atomic E-state index is 10.3. The second-order valence-corrected chi connectivity index (χ2v) is 13.9. The summed E-state index contributed by atoms with van der Waals surface area (Å²) in [5.74, 6) is 6.59. The minimum Gasteiger partial charge on any atom is -0.393 e. The van der Waals surface area contributed by atoms with Crippen molar-refractivity contribution in [2.24, 2.45) is 58.2 Å². The summed E-state index contributed by atoms with van der Waals surface area (Å²) in [6.45, 7) is 15.0. The lowest BCUT2D eigenvalue weighted by atomic mass is 9.44. The Morgan fingerprint density at radius 3 is 2.23 bits per heavy atom. The standard InChI is InChI=1S/C29H51ClO/c1-7-20(18(2)3)9-8-19(4)23-10-11-24-22-17-27(30)26-16-21(31)12-14-29(26,6)25(22)13-15-28(23,24)5/h18-27,31H,7-17H2,1-6H3/t19-,20-,21+,22+,23-,24+,25+,26?,27+,28-,29-/m1/s1. The van der Waals surface area contributed by atoms with Crippen molar-refractivity contribution in [1.82, 2.24) is 0 Å². The van der Waals surface area contributed by atoms with Gasteiger partial charge in [-0.2, -0.15) is 0 Å². The van der Waals surface area contributed by atoms with E-state index in [2.05, 4.69) is 41.5 Å². The van der Waals surface area contributed by atoms with Gasteiger partial charge in [-0.05, 0) is 116 Å². The van der Waals surface area contributed by atoms with Gasteiger partial charge in [0.1, 0.15) is 0 Å². The lowest BCUT2D eigenvalue weighted by Gasteiger charge is -2.62. The van der Waals surface area contributed by atoms with E-state index in [1.807, 2.05) is 0 Å². The molecule has 0 aromatic rings. The van der Waals surface area contributed by atoms with Gasteiger partial charge in [0.2, 0.25) is 0 Å². The number of aliphatic hydroxyl groups excluding tert-OH is 1. The van der Waals surface area contributed by atoms with Crippen LogP contribution in [0.5, 0.6) is 0 Å². The Morgan fingerprint density at radius 1 is 0.871 bits per heavy atom. The molecule has 4 aliphatic rings. The molecule has 31 heavy (non-hydrogen) atoms. The van der Waals surface area contributed by atoms with E-state index < -0.39 is 0 Å². The lowest BCUT2D eigenvalue weighted by molar-refractivity contribution is -0.127. The number of hydrogen-bond donors (Lipinski definition) is 1. The van der Waals surface area contributed by atoms with E-state index in [4.69, 9.17) is 11.6 Å². The Labute approximate surface area is 198 Å². The van der Waals surface area contributed by atoms with E-state index in [0.717, 1.165) is 54.3 Å². The summed E-state index contributed by atoms with van der Waals surface area (Å²) in [5, 5.41) is 10.6. The maximum atomic E-state index is 10.3. The van der Waals surface area contributed by atoms with Gasteiger partial charge in [0.15, 0.2) is 0 Å². The van der Waals surface area contributed by atoms with Crippen LogP contribution in [-0.4, -0.2) is 16.6 Å². The molecule has 1 nitrogen and oxygen atoms in total. The molecule has 180 valence electrons. The predicted octanol–water partition coefficient (Wildman–Crippen LogP) is 8.32. The first kappa shape index (κ1) is 24.4. The van der Waals surface area contributed by atoms with E-state index in [1.54, 1.807) is 0 Å². The summed E-state index contributed by atoms with van der Waals surface area (Å²) in [6, 6.07) is 0. The molecule has 0 spiro atoms. The van der Waals surface area contributed by atoms with Gasteiger partial charge in [0.05, 0.1) is 6.10 Å². The number of rotatable bonds is 6. The van der Waals surface area contributed by atoms with Crippen molar-refractivity contribution in [3.05, 3.63) is 0 Å². The Hall–Kier alpha value is 0.250. The molecule has 0 amide bonds. The highest BCUT2D eigenvalue weighted by Gasteiger charge is 2.62. The van der Waals surface area contributed by atoms with Crippen molar-refractivity contribution >= 4 is 11.6 Å². The van der Waals surface area contributed by atoms with Crippen LogP contribution in [0.15, 0.2) is 0 Å². The number of hydrogen-bond acceptors (Lipinski definition) is 1. The zero-order valence-corrected chi connectivity index (χ0v) is 22.1. The largest absolute Gasteiger partial charge is 0.393 e. The molecule has 4 saturated carbocycles. The van der Waals surface area contributed by atoms with Crippen LogP contribution >= 0.6 is 11.6 Å². The molecule has 4 rings (SSSR count). The molecule has 0 heterocycles. The second kappa shape index (κ2) is 9.13. The summed E-state index contributed by atoms with van der Waals surface area (Å²) in [6.07, 6.45) is 14.2. The molecule has 4 fully saturated rings. The van der Waals surface area contributed by atoms with Crippen LogP contribution < -0.4 is 0 Å². The highest BCUT2D eigenvalue weighted by atomic mass is 35.5. The Bertz CT molecular complexity index is 618. The first-order valence-electron chi connectivity index (χ1n) is 13.9. The molecule has 1 N–H and O–H groups in total. The summed E-state index contributed by atoms with van der Waals surface area (Å²) in [5.41, 5.74) is 0.902. The molecule has 11 atom stereocenters. The number of alkyl halides is 1. The smallest absolute Gasteiger partial charge is 0.0543 e. The van der Waals surface area contributed by atoms with Gasteiger partial charge in [-0.3, -0.25) is 0 Å². The highest BCUT2D eigenvalue weighted by Crippen LogP contribution is 2.69. The quantitative estimate of drug-likeness (QED) is 0.403. The summed E-state index contributed by atoms with van der Waals surface area (Å²) >= 11 is 7.12. The fourth-order valence-electron chi connectivity index (χ4n) is 9.89. The van der Waals surface area contributed by atoms with Crippen LogP contribution in [0.1, 0.15) is 112 Å². The average Bonchev–Trinajstić information content (AvgIpc) is 3.07. The maximum Gasteiger partial charge on any atom is 0.0543 e. The molecule has 1 unspecified atom stereocenters. The van der Waals surface area contributed by atoms with Gasteiger partial charge in [-0.25, -0.2) is 0 Å². The van der Waals surface area contributed by atoms with Gasteiger partial charge >= 0.3 is 0 Å². The SMILES string of the molecule is CC[C@H](CC[C@@H](C)[C@H]1CC[C@H]2[C@@H]3C[C@H](Cl)C4C[C@@H](O)CC[C@]4(C)[C@H]3CC[C@]12C)C(C)C. The van der Waals surface area contributed by atoms with E-state index in [-0.39, 0.29) is 11.5 Å². The van der Waals surface area contributed by atoms with Crippen molar-refractivity contribution in [1.29, 1.82) is 0 Å². The van der Waals surface area contributed by atoms with Crippen molar-refractivity contribution in [2.45, 2.75) is 124 Å². The summed E-state index contributed by atoms with van der Waals surface area (Å²) < 4.78 is 0. The van der Waals surface area contributed by atoms with Crippen LogP contribution in [0.4, 0.5) is 0 Å². The third-order valence-electron chi connectivity index (χ3n) is 11.8.